The van der Waals surface area contributed by atoms with Crippen molar-refractivity contribution in [3.8, 4) is 0 Å². The molecule has 5 heteroatoms. The van der Waals surface area contributed by atoms with Gasteiger partial charge in [-0.15, -0.1) is 0 Å². The van der Waals surface area contributed by atoms with E-state index in [1.54, 1.807) is 10.7 Å². The highest BCUT2D eigenvalue weighted by atomic mass is 15.3. The normalized spacial score (nSPS) is 11.1. The highest BCUT2D eigenvalue weighted by Crippen LogP contribution is 2.08. The second-order valence-corrected chi connectivity index (χ2v) is 3.49. The van der Waals surface area contributed by atoms with Crippen molar-refractivity contribution < 1.29 is 0 Å². The fourth-order valence-electron chi connectivity index (χ4n) is 1.29. The fourth-order valence-corrected chi connectivity index (χ4v) is 1.29. The average Bonchev–Trinajstić information content (AvgIpc) is 2.50. The van der Waals surface area contributed by atoms with Gasteiger partial charge in [-0.2, -0.15) is 14.6 Å². The first kappa shape index (κ1) is 8.93. The largest absolute Gasteiger partial charge is 0.352 e. The summed E-state index contributed by atoms with van der Waals surface area (Å²) in [7, 11) is 0. The summed E-state index contributed by atoms with van der Waals surface area (Å²) in [5.41, 5.74) is 0.820. The van der Waals surface area contributed by atoms with Gasteiger partial charge >= 0.3 is 0 Å². The molecule has 2 aromatic heterocycles. The molecule has 0 atom stereocenters. The number of hydrogen-bond acceptors (Lipinski definition) is 4. The third-order valence-electron chi connectivity index (χ3n) is 1.79. The molecule has 2 aromatic rings. The molecular weight excluding hydrogens is 178 g/mol. The molecule has 0 aliphatic rings. The van der Waals surface area contributed by atoms with Crippen molar-refractivity contribution in [1.29, 1.82) is 0 Å². The monoisotopic (exact) mass is 191 g/mol. The zero-order valence-corrected chi connectivity index (χ0v) is 8.52. The summed E-state index contributed by atoms with van der Waals surface area (Å²) < 4.78 is 1.70. The molecule has 14 heavy (non-hydrogen) atoms. The first-order valence-electron chi connectivity index (χ1n) is 4.62. The van der Waals surface area contributed by atoms with E-state index in [4.69, 9.17) is 0 Å². The molecular formula is C9H13N5. The van der Waals surface area contributed by atoms with Crippen molar-refractivity contribution in [1.82, 2.24) is 19.6 Å². The predicted molar refractivity (Wildman–Crippen MR) is 54.3 cm³/mol. The number of anilines is 1. The van der Waals surface area contributed by atoms with Crippen LogP contribution in [0.3, 0.4) is 0 Å². The minimum Gasteiger partial charge on any atom is -0.352 e. The number of aryl methyl sites for hydroxylation is 1. The summed E-state index contributed by atoms with van der Waals surface area (Å²) in [6.45, 7) is 6.00. The van der Waals surface area contributed by atoms with Crippen LogP contribution in [0.15, 0.2) is 12.3 Å². The van der Waals surface area contributed by atoms with Gasteiger partial charge in [0, 0.05) is 12.1 Å². The smallest absolute Gasteiger partial charge is 0.227 e. The Morgan fingerprint density at radius 2 is 2.14 bits per heavy atom. The highest BCUT2D eigenvalue weighted by Gasteiger charge is 2.05. The van der Waals surface area contributed by atoms with Crippen molar-refractivity contribution in [3.63, 3.8) is 0 Å². The van der Waals surface area contributed by atoms with Crippen molar-refractivity contribution in [2.75, 3.05) is 5.32 Å². The molecule has 5 nitrogen and oxygen atoms in total. The van der Waals surface area contributed by atoms with Crippen LogP contribution in [-0.2, 0) is 0 Å². The lowest BCUT2D eigenvalue weighted by molar-refractivity contribution is 0.813. The highest BCUT2D eigenvalue weighted by molar-refractivity contribution is 5.43. The Morgan fingerprint density at radius 3 is 2.86 bits per heavy atom. The van der Waals surface area contributed by atoms with E-state index < -0.39 is 0 Å². The van der Waals surface area contributed by atoms with Crippen LogP contribution in [-0.4, -0.2) is 25.6 Å². The molecule has 0 aliphatic heterocycles. The van der Waals surface area contributed by atoms with Crippen molar-refractivity contribution in [3.05, 3.63) is 18.1 Å². The van der Waals surface area contributed by atoms with Crippen LogP contribution in [0, 0.1) is 6.92 Å². The maximum atomic E-state index is 4.29. The van der Waals surface area contributed by atoms with Crippen molar-refractivity contribution >= 4 is 11.6 Å². The quantitative estimate of drug-likeness (QED) is 0.776. The Balaban J connectivity index is 2.55. The number of hydrogen-bond donors (Lipinski definition) is 1. The zero-order chi connectivity index (χ0) is 10.1. The van der Waals surface area contributed by atoms with Gasteiger partial charge in [0.2, 0.25) is 5.95 Å². The van der Waals surface area contributed by atoms with Gasteiger partial charge in [-0.25, -0.2) is 4.98 Å². The van der Waals surface area contributed by atoms with E-state index in [0.29, 0.717) is 6.04 Å². The summed E-state index contributed by atoms with van der Waals surface area (Å²) in [6, 6.07) is 2.19. The first-order chi connectivity index (χ1) is 6.66. The van der Waals surface area contributed by atoms with Gasteiger partial charge in [0.25, 0.3) is 0 Å². The second kappa shape index (κ2) is 3.25. The minimum absolute atomic E-state index is 0.330. The maximum Gasteiger partial charge on any atom is 0.227 e. The maximum absolute atomic E-state index is 4.29. The van der Waals surface area contributed by atoms with Crippen molar-refractivity contribution in [2.24, 2.45) is 0 Å². The molecule has 0 saturated carbocycles. The molecule has 74 valence electrons. The predicted octanol–water partition coefficient (Wildman–Crippen LogP) is 1.25. The number of rotatable bonds is 2. The van der Waals surface area contributed by atoms with Gasteiger partial charge in [-0.3, -0.25) is 0 Å². The van der Waals surface area contributed by atoms with E-state index in [1.165, 1.54) is 0 Å². The molecule has 0 unspecified atom stereocenters. The Hall–Kier alpha value is -1.65. The van der Waals surface area contributed by atoms with E-state index in [2.05, 4.69) is 34.2 Å². The standard InChI is InChI=1S/C9H13N5/c1-6(2)11-9-13-7(3)12-8-4-5-10-14(8)9/h4-6H,1-3H3,(H,11,12,13). The van der Waals surface area contributed by atoms with E-state index in [-0.39, 0.29) is 0 Å². The molecule has 0 spiro atoms. The van der Waals surface area contributed by atoms with Gasteiger partial charge in [-0.05, 0) is 20.8 Å². The van der Waals surface area contributed by atoms with Gasteiger partial charge in [0.1, 0.15) is 5.82 Å². The fraction of sp³-hybridized carbons (Fsp3) is 0.444. The molecule has 0 bridgehead atoms. The van der Waals surface area contributed by atoms with Gasteiger partial charge in [0.15, 0.2) is 5.65 Å². The summed E-state index contributed by atoms with van der Waals surface area (Å²) in [4.78, 5) is 8.54. The second-order valence-electron chi connectivity index (χ2n) is 3.49. The molecule has 0 saturated heterocycles. The Bertz CT molecular complexity index is 445. The zero-order valence-electron chi connectivity index (χ0n) is 8.52. The van der Waals surface area contributed by atoms with Crippen LogP contribution in [0.25, 0.3) is 5.65 Å². The third kappa shape index (κ3) is 1.53. The molecule has 2 heterocycles. The first-order valence-corrected chi connectivity index (χ1v) is 4.62. The molecule has 1 N–H and O–H groups in total. The molecule has 0 fully saturated rings. The minimum atomic E-state index is 0.330. The molecule has 0 amide bonds. The topological polar surface area (TPSA) is 55.1 Å². The van der Waals surface area contributed by atoms with Gasteiger partial charge < -0.3 is 5.32 Å². The van der Waals surface area contributed by atoms with Crippen molar-refractivity contribution in [2.45, 2.75) is 26.8 Å². The lowest BCUT2D eigenvalue weighted by atomic mass is 10.4. The van der Waals surface area contributed by atoms with E-state index in [1.807, 2.05) is 13.0 Å². The molecule has 0 radical (unpaired) electrons. The molecule has 0 aromatic carbocycles. The van der Waals surface area contributed by atoms with Crippen LogP contribution < -0.4 is 5.32 Å². The van der Waals surface area contributed by atoms with E-state index >= 15 is 0 Å². The van der Waals surface area contributed by atoms with Gasteiger partial charge in [0.05, 0.1) is 6.20 Å². The van der Waals surface area contributed by atoms with Crippen LogP contribution in [0.1, 0.15) is 19.7 Å². The van der Waals surface area contributed by atoms with E-state index in [9.17, 15) is 0 Å². The van der Waals surface area contributed by atoms with Gasteiger partial charge in [-0.1, -0.05) is 0 Å². The Labute approximate surface area is 82.2 Å². The number of nitrogens with zero attached hydrogens (tertiary/aromatic N) is 4. The molecule has 2 rings (SSSR count). The molecule has 0 aliphatic carbocycles. The summed E-state index contributed by atoms with van der Waals surface area (Å²) >= 11 is 0. The summed E-state index contributed by atoms with van der Waals surface area (Å²) in [5.74, 6) is 1.49. The van der Waals surface area contributed by atoms with Crippen LogP contribution in [0.5, 0.6) is 0 Å². The Kier molecular flexibility index (Phi) is 2.07. The van der Waals surface area contributed by atoms with Crippen LogP contribution in [0.4, 0.5) is 5.95 Å². The lowest BCUT2D eigenvalue weighted by Gasteiger charge is -2.10. The average molecular weight is 191 g/mol. The SMILES string of the molecule is Cc1nc(NC(C)C)n2nccc2n1. The number of fused-ring (bicyclic) bond motifs is 1. The lowest BCUT2D eigenvalue weighted by Crippen LogP contribution is -2.16. The summed E-state index contributed by atoms with van der Waals surface area (Å²) in [5, 5.41) is 7.37. The Morgan fingerprint density at radius 1 is 1.36 bits per heavy atom. The number of nitrogens with one attached hydrogen (secondary N) is 1. The third-order valence-corrected chi connectivity index (χ3v) is 1.79. The summed E-state index contributed by atoms with van der Waals surface area (Å²) in [6.07, 6.45) is 1.72. The van der Waals surface area contributed by atoms with Crippen LogP contribution in [0.2, 0.25) is 0 Å². The van der Waals surface area contributed by atoms with Crippen LogP contribution >= 0.6 is 0 Å². The number of aromatic nitrogens is 4. The van der Waals surface area contributed by atoms with E-state index in [0.717, 1.165) is 17.4 Å².